The summed E-state index contributed by atoms with van der Waals surface area (Å²) in [6, 6.07) is 10.6. The summed E-state index contributed by atoms with van der Waals surface area (Å²) in [5.41, 5.74) is 0.134. The Labute approximate surface area is 212 Å². The summed E-state index contributed by atoms with van der Waals surface area (Å²) < 4.78 is 21.1. The number of halogens is 1. The molecular weight excluding hydrogens is 485 g/mol. The first-order valence-corrected chi connectivity index (χ1v) is 12.9. The highest BCUT2D eigenvalue weighted by Crippen LogP contribution is 2.34. The lowest BCUT2D eigenvalue weighted by atomic mass is 10.1. The van der Waals surface area contributed by atoms with Gasteiger partial charge in [-0.3, -0.25) is 18.9 Å². The molecule has 6 nitrogen and oxygen atoms in total. The number of aromatic nitrogens is 2. The second-order valence-corrected chi connectivity index (χ2v) is 9.90. The largest absolute Gasteiger partial charge is 0.438 e. The molecule has 4 rings (SSSR count). The van der Waals surface area contributed by atoms with E-state index in [1.165, 1.54) is 65.8 Å². The molecule has 0 radical (unpaired) electrons. The monoisotopic (exact) mass is 511 g/mol. The molecule has 1 aliphatic rings. The molecule has 0 N–H and O–H groups in total. The first kappa shape index (κ1) is 25.1. The molecular formula is C26H26FN3O3S2. The number of fused-ring (bicyclic) bond motifs is 1. The number of hydrogen-bond donors (Lipinski definition) is 0. The fourth-order valence-corrected chi connectivity index (χ4v) is 5.06. The van der Waals surface area contributed by atoms with Crippen LogP contribution in [0.15, 0.2) is 58.4 Å². The molecule has 35 heavy (non-hydrogen) atoms. The van der Waals surface area contributed by atoms with Gasteiger partial charge >= 0.3 is 0 Å². The zero-order valence-corrected chi connectivity index (χ0v) is 21.0. The summed E-state index contributed by atoms with van der Waals surface area (Å²) in [7, 11) is 0. The molecule has 1 amide bonds. The van der Waals surface area contributed by atoms with E-state index in [-0.39, 0.29) is 22.9 Å². The Morgan fingerprint density at radius 2 is 1.80 bits per heavy atom. The number of amides is 1. The minimum Gasteiger partial charge on any atom is -0.438 e. The maximum Gasteiger partial charge on any atom is 0.269 e. The molecule has 0 aliphatic carbocycles. The van der Waals surface area contributed by atoms with Crippen molar-refractivity contribution in [1.82, 2.24) is 14.3 Å². The standard InChI is InChI=1S/C26H26FN3O3S2/c1-2-3-4-5-6-8-16-30-25(32)21(35-26(30)34)17-20-23(33-19-13-11-18(27)12-14-19)28-22-10-7-9-15-29(22)24(20)31/h7,9-15,17H,2-6,8,16H2,1H3/b21-17+. The first-order valence-electron chi connectivity index (χ1n) is 11.7. The molecule has 0 bridgehead atoms. The van der Waals surface area contributed by atoms with E-state index in [0.717, 1.165) is 19.3 Å². The van der Waals surface area contributed by atoms with Crippen LogP contribution in [0.5, 0.6) is 11.6 Å². The van der Waals surface area contributed by atoms with Crippen LogP contribution in [0.4, 0.5) is 4.39 Å². The van der Waals surface area contributed by atoms with Crippen LogP contribution in [0.2, 0.25) is 0 Å². The SMILES string of the molecule is CCCCCCCCN1C(=O)/C(=C\c2c(Oc3ccc(F)cc3)nc3ccccn3c2=O)SC1=S. The maximum absolute atomic E-state index is 13.3. The minimum absolute atomic E-state index is 0.0361. The van der Waals surface area contributed by atoms with Crippen LogP contribution in [0.25, 0.3) is 11.7 Å². The van der Waals surface area contributed by atoms with Crippen molar-refractivity contribution >= 4 is 45.9 Å². The van der Waals surface area contributed by atoms with Gasteiger partial charge in [0.25, 0.3) is 11.5 Å². The number of benzene rings is 1. The van der Waals surface area contributed by atoms with Crippen molar-refractivity contribution in [3.63, 3.8) is 0 Å². The van der Waals surface area contributed by atoms with Gasteiger partial charge in [0, 0.05) is 12.7 Å². The third-order valence-corrected chi connectivity index (χ3v) is 7.02. The quantitative estimate of drug-likeness (QED) is 0.184. The van der Waals surface area contributed by atoms with Crippen LogP contribution < -0.4 is 10.3 Å². The minimum atomic E-state index is -0.404. The number of unbranched alkanes of at least 4 members (excludes halogenated alkanes) is 5. The summed E-state index contributed by atoms with van der Waals surface area (Å²) >= 11 is 6.62. The highest BCUT2D eigenvalue weighted by atomic mass is 32.2. The van der Waals surface area contributed by atoms with Gasteiger partial charge in [-0.15, -0.1) is 0 Å². The van der Waals surface area contributed by atoms with Crippen molar-refractivity contribution in [2.45, 2.75) is 45.4 Å². The molecule has 0 spiro atoms. The average Bonchev–Trinajstić information content (AvgIpc) is 3.12. The first-order chi connectivity index (χ1) is 17.0. The number of nitrogens with zero attached hydrogens (tertiary/aromatic N) is 3. The Balaban J connectivity index is 1.62. The van der Waals surface area contributed by atoms with Gasteiger partial charge in [-0.05, 0) is 48.9 Å². The van der Waals surface area contributed by atoms with Crippen molar-refractivity contribution in [1.29, 1.82) is 0 Å². The zero-order chi connectivity index (χ0) is 24.8. The third kappa shape index (κ3) is 5.97. The molecule has 1 aromatic carbocycles. The van der Waals surface area contributed by atoms with Crippen LogP contribution in [0.1, 0.15) is 51.0 Å². The highest BCUT2D eigenvalue weighted by molar-refractivity contribution is 8.26. The lowest BCUT2D eigenvalue weighted by molar-refractivity contribution is -0.122. The highest BCUT2D eigenvalue weighted by Gasteiger charge is 2.32. The van der Waals surface area contributed by atoms with Gasteiger partial charge in [0.2, 0.25) is 5.88 Å². The van der Waals surface area contributed by atoms with E-state index in [1.54, 1.807) is 29.3 Å². The molecule has 3 heterocycles. The van der Waals surface area contributed by atoms with Crippen LogP contribution >= 0.6 is 24.0 Å². The van der Waals surface area contributed by atoms with Crippen LogP contribution in [0.3, 0.4) is 0 Å². The predicted octanol–water partition coefficient (Wildman–Crippen LogP) is 6.19. The van der Waals surface area contributed by atoms with Gasteiger partial charge in [0.1, 0.15) is 27.1 Å². The Bertz CT molecular complexity index is 1320. The molecule has 1 saturated heterocycles. The Hall–Kier alpha value is -3.04. The number of hydrogen-bond acceptors (Lipinski definition) is 6. The molecule has 0 atom stereocenters. The van der Waals surface area contributed by atoms with E-state index in [2.05, 4.69) is 11.9 Å². The van der Waals surface area contributed by atoms with E-state index in [1.807, 2.05) is 0 Å². The van der Waals surface area contributed by atoms with Crippen molar-refractivity contribution in [3.05, 3.63) is 75.3 Å². The summed E-state index contributed by atoms with van der Waals surface area (Å²) in [4.78, 5) is 32.8. The number of rotatable bonds is 10. The molecule has 0 unspecified atom stereocenters. The van der Waals surface area contributed by atoms with Gasteiger partial charge in [-0.2, -0.15) is 4.98 Å². The van der Waals surface area contributed by atoms with Crippen molar-refractivity contribution in [2.24, 2.45) is 0 Å². The van der Waals surface area contributed by atoms with Crippen molar-refractivity contribution in [2.75, 3.05) is 6.54 Å². The van der Waals surface area contributed by atoms with Crippen LogP contribution in [-0.2, 0) is 4.79 Å². The number of pyridine rings is 1. The van der Waals surface area contributed by atoms with Crippen molar-refractivity contribution in [3.8, 4) is 11.6 Å². The summed E-state index contributed by atoms with van der Waals surface area (Å²) in [6.45, 7) is 2.74. The van der Waals surface area contributed by atoms with Crippen LogP contribution in [-0.4, -0.2) is 31.1 Å². The van der Waals surface area contributed by atoms with Crippen molar-refractivity contribution < 1.29 is 13.9 Å². The lowest BCUT2D eigenvalue weighted by Gasteiger charge is -2.14. The number of thiocarbonyl (C=S) groups is 1. The molecule has 1 aliphatic heterocycles. The predicted molar refractivity (Wildman–Crippen MR) is 141 cm³/mol. The summed E-state index contributed by atoms with van der Waals surface area (Å²) in [5, 5.41) is 0. The Morgan fingerprint density at radius 3 is 2.57 bits per heavy atom. The fraction of sp³-hybridized carbons (Fsp3) is 0.308. The lowest BCUT2D eigenvalue weighted by Crippen LogP contribution is -2.29. The fourth-order valence-electron chi connectivity index (χ4n) is 3.77. The number of ether oxygens (including phenoxy) is 1. The van der Waals surface area contributed by atoms with Gasteiger partial charge in [0.15, 0.2) is 0 Å². The molecule has 0 saturated carbocycles. The van der Waals surface area contributed by atoms with Gasteiger partial charge < -0.3 is 4.74 Å². The van der Waals surface area contributed by atoms with E-state index >= 15 is 0 Å². The van der Waals surface area contributed by atoms with Gasteiger partial charge in [-0.1, -0.05) is 69.1 Å². The molecule has 1 fully saturated rings. The van der Waals surface area contributed by atoms with E-state index in [0.29, 0.717) is 27.2 Å². The number of carbonyl (C=O) groups is 1. The Morgan fingerprint density at radius 1 is 1.06 bits per heavy atom. The summed E-state index contributed by atoms with van der Waals surface area (Å²) in [6.07, 6.45) is 9.77. The van der Waals surface area contributed by atoms with Gasteiger partial charge in [0.05, 0.1) is 4.91 Å². The topological polar surface area (TPSA) is 63.9 Å². The van der Waals surface area contributed by atoms with E-state index in [4.69, 9.17) is 17.0 Å². The number of carbonyl (C=O) groups excluding carboxylic acids is 1. The smallest absolute Gasteiger partial charge is 0.269 e. The maximum atomic E-state index is 13.3. The second-order valence-electron chi connectivity index (χ2n) is 8.22. The average molecular weight is 512 g/mol. The summed E-state index contributed by atoms with van der Waals surface area (Å²) in [5.74, 6) is -0.269. The zero-order valence-electron chi connectivity index (χ0n) is 19.4. The molecule has 9 heteroatoms. The molecule has 182 valence electrons. The molecule has 2 aromatic heterocycles. The van der Waals surface area contributed by atoms with E-state index < -0.39 is 5.82 Å². The van der Waals surface area contributed by atoms with E-state index in [9.17, 15) is 14.0 Å². The second kappa shape index (κ2) is 11.6. The Kier molecular flexibility index (Phi) is 8.30. The normalized spacial score (nSPS) is 14.9. The number of thioether (sulfide) groups is 1. The third-order valence-electron chi connectivity index (χ3n) is 5.65. The van der Waals surface area contributed by atoms with Crippen LogP contribution in [0, 0.1) is 5.82 Å². The molecule has 3 aromatic rings. The van der Waals surface area contributed by atoms with Gasteiger partial charge in [-0.25, -0.2) is 4.39 Å².